The van der Waals surface area contributed by atoms with Crippen LogP contribution in [-0.2, 0) is 4.74 Å². The summed E-state index contributed by atoms with van der Waals surface area (Å²) in [5, 5.41) is 3.74. The molecule has 0 saturated heterocycles. The van der Waals surface area contributed by atoms with Gasteiger partial charge in [-0.15, -0.1) is 0 Å². The molecular weight excluding hydrogens is 279 g/mol. The number of rotatable bonds is 5. The lowest BCUT2D eigenvalue weighted by molar-refractivity contribution is 0.141. The summed E-state index contributed by atoms with van der Waals surface area (Å²) in [5.41, 5.74) is 0.929. The van der Waals surface area contributed by atoms with Gasteiger partial charge in [0, 0.05) is 12.6 Å². The molecule has 1 heterocycles. The average Bonchev–Trinajstić information content (AvgIpc) is 2.20. The number of anilines is 1. The smallest absolute Gasteiger partial charge is 0.143 e. The maximum absolute atomic E-state index is 5.79. The van der Waals surface area contributed by atoms with Crippen molar-refractivity contribution in [1.82, 2.24) is 4.98 Å². The molecule has 0 aromatic carbocycles. The number of pyridine rings is 1. The van der Waals surface area contributed by atoms with E-state index in [0.29, 0.717) is 11.8 Å². The Morgan fingerprint density at radius 1 is 1.67 bits per heavy atom. The van der Waals surface area contributed by atoms with E-state index in [0.717, 1.165) is 16.8 Å². The van der Waals surface area contributed by atoms with Gasteiger partial charge in [0.25, 0.3) is 0 Å². The number of hydrogen-bond acceptors (Lipinski definition) is 3. The molecule has 3 nitrogen and oxygen atoms in total. The number of aromatic nitrogens is 1. The molecule has 0 bridgehead atoms. The predicted molar refractivity (Wildman–Crippen MR) is 66.5 cm³/mol. The normalized spacial score (nSPS) is 12.5. The number of hydrogen-bond donors (Lipinski definition) is 1. The van der Waals surface area contributed by atoms with Crippen LogP contribution in [0.5, 0.6) is 0 Å². The van der Waals surface area contributed by atoms with E-state index in [2.05, 4.69) is 33.2 Å². The first-order valence-electron chi connectivity index (χ1n) is 4.78. The monoisotopic (exact) mass is 292 g/mol. The molecular formula is C10H14BrClN2O. The van der Waals surface area contributed by atoms with Crippen molar-refractivity contribution < 1.29 is 4.74 Å². The van der Waals surface area contributed by atoms with Gasteiger partial charge in [-0.25, -0.2) is 4.98 Å². The van der Waals surface area contributed by atoms with E-state index >= 15 is 0 Å². The van der Waals surface area contributed by atoms with Gasteiger partial charge in [0.2, 0.25) is 0 Å². The third-order valence-corrected chi connectivity index (χ3v) is 2.92. The number of ether oxygens (including phenoxy) is 1. The van der Waals surface area contributed by atoms with Gasteiger partial charge in [0.05, 0.1) is 23.0 Å². The zero-order chi connectivity index (χ0) is 11.3. The van der Waals surface area contributed by atoms with E-state index in [1.165, 1.54) is 0 Å². The summed E-state index contributed by atoms with van der Waals surface area (Å²) in [7, 11) is 0. The predicted octanol–water partition coefficient (Wildman–Crippen LogP) is 3.33. The first-order chi connectivity index (χ1) is 7.13. The Kier molecular flexibility index (Phi) is 5.36. The van der Waals surface area contributed by atoms with E-state index in [-0.39, 0.29) is 6.04 Å². The minimum absolute atomic E-state index is 0.250. The summed E-state index contributed by atoms with van der Waals surface area (Å²) in [4.78, 5) is 4.03. The van der Waals surface area contributed by atoms with Crippen molar-refractivity contribution in [3.8, 4) is 0 Å². The van der Waals surface area contributed by atoms with Gasteiger partial charge in [-0.05, 0) is 35.8 Å². The molecule has 0 saturated carbocycles. The summed E-state index contributed by atoms with van der Waals surface area (Å²) < 4.78 is 6.09. The van der Waals surface area contributed by atoms with E-state index < -0.39 is 0 Å². The van der Waals surface area contributed by atoms with Gasteiger partial charge in [-0.3, -0.25) is 0 Å². The summed E-state index contributed by atoms with van der Waals surface area (Å²) in [5.74, 6) is 0. The van der Waals surface area contributed by atoms with Gasteiger partial charge < -0.3 is 10.1 Å². The first-order valence-corrected chi connectivity index (χ1v) is 5.96. The highest BCUT2D eigenvalue weighted by atomic mass is 79.9. The molecule has 1 N–H and O–H groups in total. The maximum Gasteiger partial charge on any atom is 0.143 e. The lowest BCUT2D eigenvalue weighted by Gasteiger charge is -2.14. The van der Waals surface area contributed by atoms with Crippen molar-refractivity contribution in [3.05, 3.63) is 21.9 Å². The molecule has 1 rings (SSSR count). The molecule has 0 radical (unpaired) electrons. The third kappa shape index (κ3) is 4.36. The van der Waals surface area contributed by atoms with Crippen LogP contribution >= 0.6 is 27.5 Å². The van der Waals surface area contributed by atoms with Crippen LogP contribution in [-0.4, -0.2) is 24.2 Å². The molecule has 0 aliphatic carbocycles. The molecule has 15 heavy (non-hydrogen) atoms. The van der Waals surface area contributed by atoms with Crippen molar-refractivity contribution in [2.24, 2.45) is 0 Å². The maximum atomic E-state index is 5.79. The highest BCUT2D eigenvalue weighted by Crippen LogP contribution is 2.23. The quantitative estimate of drug-likeness (QED) is 0.846. The van der Waals surface area contributed by atoms with Crippen LogP contribution in [0.3, 0.4) is 0 Å². The second-order valence-electron chi connectivity index (χ2n) is 3.20. The fourth-order valence-corrected chi connectivity index (χ4v) is 1.57. The summed E-state index contributed by atoms with van der Waals surface area (Å²) in [6.45, 7) is 5.44. The highest BCUT2D eigenvalue weighted by molar-refractivity contribution is 9.10. The fourth-order valence-electron chi connectivity index (χ4n) is 1.12. The fraction of sp³-hybridized carbons (Fsp3) is 0.500. The van der Waals surface area contributed by atoms with Crippen molar-refractivity contribution in [3.63, 3.8) is 0 Å². The minimum atomic E-state index is 0.250. The van der Waals surface area contributed by atoms with E-state index in [1.807, 2.05) is 13.0 Å². The first kappa shape index (κ1) is 12.7. The Morgan fingerprint density at radius 2 is 2.40 bits per heavy atom. The number of nitrogens with zero attached hydrogens (tertiary/aromatic N) is 1. The zero-order valence-corrected chi connectivity index (χ0v) is 11.1. The van der Waals surface area contributed by atoms with Gasteiger partial charge in [-0.1, -0.05) is 11.6 Å². The SMILES string of the molecule is CCOCC(C)Nc1cnc(Cl)c(Br)c1. The van der Waals surface area contributed by atoms with E-state index in [1.54, 1.807) is 6.20 Å². The van der Waals surface area contributed by atoms with Gasteiger partial charge >= 0.3 is 0 Å². The standard InChI is InChI=1S/C10H14BrClN2O/c1-3-15-6-7(2)14-8-4-9(11)10(12)13-5-8/h4-5,7,14H,3,6H2,1-2H3. The summed E-state index contributed by atoms with van der Waals surface area (Å²) in [6, 6.07) is 2.15. The molecule has 0 amide bonds. The number of halogens is 2. The summed E-state index contributed by atoms with van der Waals surface area (Å²) >= 11 is 9.11. The van der Waals surface area contributed by atoms with Crippen LogP contribution in [0.25, 0.3) is 0 Å². The molecule has 1 aromatic rings. The van der Waals surface area contributed by atoms with Gasteiger partial charge in [-0.2, -0.15) is 0 Å². The van der Waals surface area contributed by atoms with Crippen LogP contribution in [0.2, 0.25) is 5.15 Å². The van der Waals surface area contributed by atoms with Gasteiger partial charge in [0.1, 0.15) is 5.15 Å². The largest absolute Gasteiger partial charge is 0.380 e. The highest BCUT2D eigenvalue weighted by Gasteiger charge is 2.04. The molecule has 1 unspecified atom stereocenters. The molecule has 1 aromatic heterocycles. The van der Waals surface area contributed by atoms with Crippen LogP contribution in [0, 0.1) is 0 Å². The minimum Gasteiger partial charge on any atom is -0.380 e. The Bertz CT molecular complexity index is 322. The second kappa shape index (κ2) is 6.30. The Labute approximate surface area is 103 Å². The zero-order valence-electron chi connectivity index (χ0n) is 8.76. The summed E-state index contributed by atoms with van der Waals surface area (Å²) in [6.07, 6.45) is 1.70. The van der Waals surface area contributed by atoms with Crippen LogP contribution < -0.4 is 5.32 Å². The average molecular weight is 294 g/mol. The van der Waals surface area contributed by atoms with E-state index in [9.17, 15) is 0 Å². The molecule has 84 valence electrons. The lowest BCUT2D eigenvalue weighted by atomic mass is 10.3. The molecule has 1 atom stereocenters. The second-order valence-corrected chi connectivity index (χ2v) is 4.41. The Morgan fingerprint density at radius 3 is 3.00 bits per heavy atom. The molecule has 5 heteroatoms. The number of nitrogens with one attached hydrogen (secondary N) is 1. The Balaban J connectivity index is 2.53. The molecule has 0 fully saturated rings. The lowest BCUT2D eigenvalue weighted by Crippen LogP contribution is -2.21. The van der Waals surface area contributed by atoms with Crippen LogP contribution in [0.15, 0.2) is 16.7 Å². The van der Waals surface area contributed by atoms with Crippen LogP contribution in [0.1, 0.15) is 13.8 Å². The topological polar surface area (TPSA) is 34.1 Å². The van der Waals surface area contributed by atoms with Crippen molar-refractivity contribution in [2.45, 2.75) is 19.9 Å². The third-order valence-electron chi connectivity index (χ3n) is 1.78. The van der Waals surface area contributed by atoms with Gasteiger partial charge in [0.15, 0.2) is 0 Å². The molecule has 0 spiro atoms. The van der Waals surface area contributed by atoms with Crippen molar-refractivity contribution >= 4 is 33.2 Å². The Hall–Kier alpha value is -0.320. The molecule has 0 aliphatic heterocycles. The molecule has 0 aliphatic rings. The van der Waals surface area contributed by atoms with Crippen molar-refractivity contribution in [2.75, 3.05) is 18.5 Å². The van der Waals surface area contributed by atoms with Crippen LogP contribution in [0.4, 0.5) is 5.69 Å². The van der Waals surface area contributed by atoms with Crippen molar-refractivity contribution in [1.29, 1.82) is 0 Å². The van der Waals surface area contributed by atoms with E-state index in [4.69, 9.17) is 16.3 Å².